The molecule has 0 fully saturated rings. The van der Waals surface area contributed by atoms with Crippen molar-refractivity contribution >= 4 is 5.91 Å². The summed E-state index contributed by atoms with van der Waals surface area (Å²) in [6.07, 6.45) is 6.71. The predicted octanol–water partition coefficient (Wildman–Crippen LogP) is 0.427. The molecule has 0 aliphatic heterocycles. The molecule has 8 heteroatoms. The molecule has 3 aromatic rings. The summed E-state index contributed by atoms with van der Waals surface area (Å²) in [5, 5.41) is 13.7. The van der Waals surface area contributed by atoms with Crippen molar-refractivity contribution in [3.63, 3.8) is 0 Å². The zero-order chi connectivity index (χ0) is 15.2. The highest BCUT2D eigenvalue weighted by atomic mass is 16.2. The van der Waals surface area contributed by atoms with E-state index < -0.39 is 0 Å². The highest BCUT2D eigenvalue weighted by molar-refractivity contribution is 5.76. The van der Waals surface area contributed by atoms with Crippen LogP contribution in [-0.4, -0.2) is 35.7 Å². The SMILES string of the molecule is O=C(Cn1cnnn1)N[C@H](Cn1ccnc1)c1ccccc1. The van der Waals surface area contributed by atoms with E-state index in [1.54, 1.807) is 12.5 Å². The van der Waals surface area contributed by atoms with E-state index in [4.69, 9.17) is 0 Å². The molecule has 0 bridgehead atoms. The molecule has 0 spiro atoms. The lowest BCUT2D eigenvalue weighted by molar-refractivity contribution is -0.122. The summed E-state index contributed by atoms with van der Waals surface area (Å²) in [4.78, 5) is 16.2. The topological polar surface area (TPSA) is 90.5 Å². The summed E-state index contributed by atoms with van der Waals surface area (Å²) in [5.74, 6) is -0.152. The third-order valence-corrected chi connectivity index (χ3v) is 3.19. The molecule has 2 heterocycles. The first-order valence-corrected chi connectivity index (χ1v) is 6.82. The number of amides is 1. The van der Waals surface area contributed by atoms with E-state index in [1.807, 2.05) is 41.1 Å². The van der Waals surface area contributed by atoms with Crippen molar-refractivity contribution in [3.8, 4) is 0 Å². The monoisotopic (exact) mass is 297 g/mol. The van der Waals surface area contributed by atoms with Crippen LogP contribution in [0.15, 0.2) is 55.4 Å². The van der Waals surface area contributed by atoms with Gasteiger partial charge in [-0.05, 0) is 16.0 Å². The number of benzene rings is 1. The first-order chi connectivity index (χ1) is 10.8. The van der Waals surface area contributed by atoms with Crippen LogP contribution in [0.3, 0.4) is 0 Å². The fraction of sp³-hybridized carbons (Fsp3) is 0.214. The van der Waals surface area contributed by atoms with Crippen molar-refractivity contribution in [2.45, 2.75) is 19.1 Å². The van der Waals surface area contributed by atoms with Crippen molar-refractivity contribution in [2.24, 2.45) is 0 Å². The predicted molar refractivity (Wildman–Crippen MR) is 77.4 cm³/mol. The molecule has 8 nitrogen and oxygen atoms in total. The van der Waals surface area contributed by atoms with Gasteiger partial charge in [0.15, 0.2) is 0 Å². The minimum absolute atomic E-state index is 0.0836. The van der Waals surface area contributed by atoms with Crippen molar-refractivity contribution in [1.82, 2.24) is 35.1 Å². The van der Waals surface area contributed by atoms with Crippen LogP contribution in [0.5, 0.6) is 0 Å². The minimum atomic E-state index is -0.153. The van der Waals surface area contributed by atoms with Crippen molar-refractivity contribution in [2.75, 3.05) is 0 Å². The number of rotatable bonds is 6. The molecule has 0 aliphatic carbocycles. The largest absolute Gasteiger partial charge is 0.346 e. The minimum Gasteiger partial charge on any atom is -0.346 e. The highest BCUT2D eigenvalue weighted by Gasteiger charge is 2.15. The smallest absolute Gasteiger partial charge is 0.242 e. The van der Waals surface area contributed by atoms with E-state index in [9.17, 15) is 4.79 Å². The van der Waals surface area contributed by atoms with Crippen LogP contribution in [0.1, 0.15) is 11.6 Å². The van der Waals surface area contributed by atoms with E-state index in [0.29, 0.717) is 6.54 Å². The average Bonchev–Trinajstić information content (AvgIpc) is 3.21. The molecular weight excluding hydrogens is 282 g/mol. The first-order valence-electron chi connectivity index (χ1n) is 6.82. The number of nitrogens with zero attached hydrogens (tertiary/aromatic N) is 6. The Bertz CT molecular complexity index is 694. The maximum absolute atomic E-state index is 12.2. The molecule has 0 radical (unpaired) electrons. The van der Waals surface area contributed by atoms with Gasteiger partial charge in [-0.2, -0.15) is 0 Å². The van der Waals surface area contributed by atoms with Gasteiger partial charge < -0.3 is 9.88 Å². The maximum Gasteiger partial charge on any atom is 0.242 e. The van der Waals surface area contributed by atoms with Gasteiger partial charge >= 0.3 is 0 Å². The second kappa shape index (κ2) is 6.61. The van der Waals surface area contributed by atoms with Crippen molar-refractivity contribution < 1.29 is 4.79 Å². The number of hydrogen-bond acceptors (Lipinski definition) is 5. The van der Waals surface area contributed by atoms with E-state index in [1.165, 1.54) is 11.0 Å². The standard InChI is InChI=1S/C14H15N7O/c22-14(9-21-11-16-18-19-21)17-13(8-20-7-6-15-10-20)12-4-2-1-3-5-12/h1-7,10-11,13H,8-9H2,(H,17,22)/t13-/m1/s1. The van der Waals surface area contributed by atoms with Crippen LogP contribution in [0, 0.1) is 0 Å². The molecule has 22 heavy (non-hydrogen) atoms. The van der Waals surface area contributed by atoms with Gasteiger partial charge in [0.1, 0.15) is 12.9 Å². The van der Waals surface area contributed by atoms with E-state index >= 15 is 0 Å². The summed E-state index contributed by atoms with van der Waals surface area (Å²) in [7, 11) is 0. The average molecular weight is 297 g/mol. The number of hydrogen-bond donors (Lipinski definition) is 1. The summed E-state index contributed by atoms with van der Waals surface area (Å²) in [5.41, 5.74) is 1.03. The highest BCUT2D eigenvalue weighted by Crippen LogP contribution is 2.15. The molecule has 1 N–H and O–H groups in total. The zero-order valence-corrected chi connectivity index (χ0v) is 11.8. The number of tetrazole rings is 1. The Morgan fingerprint density at radius 2 is 2.09 bits per heavy atom. The number of imidazole rings is 1. The number of aromatic nitrogens is 6. The zero-order valence-electron chi connectivity index (χ0n) is 11.8. The molecule has 112 valence electrons. The Labute approximate surface area is 126 Å². The molecule has 3 rings (SSSR count). The molecule has 0 unspecified atom stereocenters. The van der Waals surface area contributed by atoms with E-state index in [0.717, 1.165) is 5.56 Å². The molecule has 0 saturated carbocycles. The van der Waals surface area contributed by atoms with Gasteiger partial charge in [-0.1, -0.05) is 30.3 Å². The summed E-state index contributed by atoms with van der Waals surface area (Å²) in [6.45, 7) is 0.686. The van der Waals surface area contributed by atoms with Gasteiger partial charge in [-0.25, -0.2) is 9.67 Å². The molecule has 1 aromatic carbocycles. The lowest BCUT2D eigenvalue weighted by Crippen LogP contribution is -2.34. The van der Waals surface area contributed by atoms with Gasteiger partial charge in [0.05, 0.1) is 12.4 Å². The van der Waals surface area contributed by atoms with Crippen LogP contribution in [0.25, 0.3) is 0 Å². The van der Waals surface area contributed by atoms with Gasteiger partial charge in [0.2, 0.25) is 5.91 Å². The molecule has 0 saturated heterocycles. The van der Waals surface area contributed by atoms with Gasteiger partial charge in [0, 0.05) is 18.9 Å². The van der Waals surface area contributed by atoms with E-state index in [2.05, 4.69) is 25.8 Å². The summed E-state index contributed by atoms with van der Waals surface area (Å²) in [6, 6.07) is 9.66. The van der Waals surface area contributed by atoms with Gasteiger partial charge in [-0.15, -0.1) is 5.10 Å². The van der Waals surface area contributed by atoms with Crippen LogP contribution in [0.4, 0.5) is 0 Å². The Hall–Kier alpha value is -3.03. The fourth-order valence-electron chi connectivity index (χ4n) is 2.17. The van der Waals surface area contributed by atoms with Crippen molar-refractivity contribution in [1.29, 1.82) is 0 Å². The van der Waals surface area contributed by atoms with Crippen molar-refractivity contribution in [3.05, 3.63) is 60.9 Å². The summed E-state index contributed by atoms with van der Waals surface area (Å²) >= 11 is 0. The fourth-order valence-corrected chi connectivity index (χ4v) is 2.17. The lowest BCUT2D eigenvalue weighted by atomic mass is 10.1. The normalized spacial score (nSPS) is 12.0. The van der Waals surface area contributed by atoms with Crippen LogP contribution >= 0.6 is 0 Å². The Morgan fingerprint density at radius 1 is 1.23 bits per heavy atom. The molecular formula is C14H15N7O. The van der Waals surface area contributed by atoms with Gasteiger partial charge in [0.25, 0.3) is 0 Å². The number of carbonyl (C=O) groups is 1. The Morgan fingerprint density at radius 3 is 2.77 bits per heavy atom. The molecule has 2 aromatic heterocycles. The first kappa shape index (κ1) is 13.9. The Kier molecular flexibility index (Phi) is 4.19. The molecule has 1 atom stereocenters. The van der Waals surface area contributed by atoms with Crippen LogP contribution < -0.4 is 5.32 Å². The van der Waals surface area contributed by atoms with E-state index in [-0.39, 0.29) is 18.5 Å². The summed E-state index contributed by atoms with van der Waals surface area (Å²) < 4.78 is 3.31. The molecule has 0 aliphatic rings. The lowest BCUT2D eigenvalue weighted by Gasteiger charge is -2.19. The number of nitrogens with one attached hydrogen (secondary N) is 1. The van der Waals surface area contributed by atoms with Crippen LogP contribution in [0.2, 0.25) is 0 Å². The number of carbonyl (C=O) groups excluding carboxylic acids is 1. The molecule has 1 amide bonds. The third-order valence-electron chi connectivity index (χ3n) is 3.19. The van der Waals surface area contributed by atoms with Gasteiger partial charge in [-0.3, -0.25) is 4.79 Å². The second-order valence-electron chi connectivity index (χ2n) is 4.80. The maximum atomic E-state index is 12.2. The quantitative estimate of drug-likeness (QED) is 0.712. The second-order valence-corrected chi connectivity index (χ2v) is 4.80. The Balaban J connectivity index is 1.72. The van der Waals surface area contributed by atoms with Crippen LogP contribution in [-0.2, 0) is 17.9 Å². The third kappa shape index (κ3) is 3.54.